The number of hydrogen-bond acceptors (Lipinski definition) is 5. The normalized spacial score (nSPS) is 15.1. The predicted octanol–water partition coefficient (Wildman–Crippen LogP) is 2.09. The smallest absolute Gasteiger partial charge is 0.335 e. The van der Waals surface area contributed by atoms with E-state index in [1.54, 1.807) is 31.2 Å². The number of ether oxygens (including phenoxy) is 2. The highest BCUT2D eigenvalue weighted by Crippen LogP contribution is 2.33. The van der Waals surface area contributed by atoms with Crippen LogP contribution in [0, 0.1) is 0 Å². The molecule has 3 N–H and O–H groups in total. The Balaban J connectivity index is 1.68. The van der Waals surface area contributed by atoms with E-state index in [9.17, 15) is 14.4 Å². The van der Waals surface area contributed by atoms with Gasteiger partial charge in [0.2, 0.25) is 0 Å². The van der Waals surface area contributed by atoms with Crippen LogP contribution >= 0.6 is 0 Å². The summed E-state index contributed by atoms with van der Waals surface area (Å²) >= 11 is 0. The van der Waals surface area contributed by atoms with Gasteiger partial charge in [-0.15, -0.1) is 0 Å². The fourth-order valence-electron chi connectivity index (χ4n) is 2.90. The van der Waals surface area contributed by atoms with Crippen LogP contribution in [0.25, 0.3) is 0 Å². The summed E-state index contributed by atoms with van der Waals surface area (Å²) in [6, 6.07) is 9.57. The lowest BCUT2D eigenvalue weighted by Crippen LogP contribution is -2.36. The first-order valence-electron chi connectivity index (χ1n) is 8.69. The number of fused-ring (bicyclic) bond motifs is 1. The van der Waals surface area contributed by atoms with Crippen molar-refractivity contribution in [1.29, 1.82) is 0 Å². The Morgan fingerprint density at radius 2 is 2.07 bits per heavy atom. The zero-order valence-corrected chi connectivity index (χ0v) is 15.4. The van der Waals surface area contributed by atoms with Crippen LogP contribution in [0.1, 0.15) is 33.2 Å². The van der Waals surface area contributed by atoms with E-state index in [0.717, 1.165) is 5.56 Å². The maximum Gasteiger partial charge on any atom is 0.335 e. The first-order chi connectivity index (χ1) is 13.4. The fourth-order valence-corrected chi connectivity index (χ4v) is 2.90. The van der Waals surface area contributed by atoms with Crippen molar-refractivity contribution in [2.24, 2.45) is 0 Å². The third-order valence-electron chi connectivity index (χ3n) is 4.40. The number of carboxylic acids is 1. The van der Waals surface area contributed by atoms with E-state index in [2.05, 4.69) is 10.6 Å². The van der Waals surface area contributed by atoms with Gasteiger partial charge in [-0.25, -0.2) is 4.79 Å². The number of nitrogens with one attached hydrogen (secondary N) is 2. The molecule has 0 saturated heterocycles. The van der Waals surface area contributed by atoms with E-state index in [1.807, 2.05) is 0 Å². The molecule has 8 nitrogen and oxygen atoms in total. The molecule has 0 spiro atoms. The summed E-state index contributed by atoms with van der Waals surface area (Å²) in [6.45, 7) is 1.92. The van der Waals surface area contributed by atoms with Gasteiger partial charge in [-0.05, 0) is 43.2 Å². The Bertz CT molecular complexity index is 940. The van der Waals surface area contributed by atoms with Gasteiger partial charge in [0.25, 0.3) is 11.8 Å². The van der Waals surface area contributed by atoms with Crippen LogP contribution < -0.4 is 20.1 Å². The molecule has 0 aliphatic carbocycles. The second-order valence-corrected chi connectivity index (χ2v) is 6.27. The third kappa shape index (κ3) is 3.90. The summed E-state index contributed by atoms with van der Waals surface area (Å²) in [4.78, 5) is 35.3. The van der Waals surface area contributed by atoms with Crippen molar-refractivity contribution in [2.45, 2.75) is 19.4 Å². The Kier molecular flexibility index (Phi) is 5.49. The molecule has 0 saturated carbocycles. The second kappa shape index (κ2) is 7.99. The Morgan fingerprint density at radius 1 is 1.29 bits per heavy atom. The van der Waals surface area contributed by atoms with E-state index >= 15 is 0 Å². The van der Waals surface area contributed by atoms with Gasteiger partial charge in [0.05, 0.1) is 23.9 Å². The number of para-hydroxylation sites is 1. The molecule has 146 valence electrons. The first-order valence-corrected chi connectivity index (χ1v) is 8.69. The average molecular weight is 384 g/mol. The molecule has 1 aliphatic rings. The lowest BCUT2D eigenvalue weighted by atomic mass is 10.1. The van der Waals surface area contributed by atoms with Crippen molar-refractivity contribution < 1.29 is 29.0 Å². The Morgan fingerprint density at radius 3 is 2.79 bits per heavy atom. The van der Waals surface area contributed by atoms with E-state index in [-0.39, 0.29) is 17.4 Å². The molecule has 0 radical (unpaired) electrons. The fraction of sp³-hybridized carbons (Fsp3) is 0.250. The molecule has 2 amide bonds. The SMILES string of the molecule is COc1cc(C(=O)O)ccc1CCNC(=O)c1cccc2c1OC(C)C(=O)N2. The van der Waals surface area contributed by atoms with Gasteiger partial charge in [-0.1, -0.05) is 12.1 Å². The second-order valence-electron chi connectivity index (χ2n) is 6.27. The molecule has 28 heavy (non-hydrogen) atoms. The molecule has 0 bridgehead atoms. The third-order valence-corrected chi connectivity index (χ3v) is 4.40. The van der Waals surface area contributed by atoms with Crippen molar-refractivity contribution >= 4 is 23.5 Å². The van der Waals surface area contributed by atoms with Crippen molar-refractivity contribution in [3.8, 4) is 11.5 Å². The lowest BCUT2D eigenvalue weighted by molar-refractivity contribution is -0.122. The predicted molar refractivity (Wildman–Crippen MR) is 101 cm³/mol. The van der Waals surface area contributed by atoms with Crippen LogP contribution in [0.3, 0.4) is 0 Å². The summed E-state index contributed by atoms with van der Waals surface area (Å²) in [6.07, 6.45) is -0.226. The lowest BCUT2D eigenvalue weighted by Gasteiger charge is -2.25. The molecular weight excluding hydrogens is 364 g/mol. The summed E-state index contributed by atoms with van der Waals surface area (Å²) in [5.74, 6) is -0.835. The summed E-state index contributed by atoms with van der Waals surface area (Å²) in [5.41, 5.74) is 1.70. The highest BCUT2D eigenvalue weighted by Gasteiger charge is 2.27. The van der Waals surface area contributed by atoms with Gasteiger partial charge < -0.3 is 25.2 Å². The molecule has 1 atom stereocenters. The van der Waals surface area contributed by atoms with Gasteiger partial charge in [-0.3, -0.25) is 9.59 Å². The van der Waals surface area contributed by atoms with Crippen LogP contribution in [0.5, 0.6) is 11.5 Å². The number of aromatic carboxylic acids is 1. The maximum absolute atomic E-state index is 12.6. The molecular formula is C20H20N2O6. The van der Waals surface area contributed by atoms with Crippen LogP contribution in [0.2, 0.25) is 0 Å². The zero-order valence-electron chi connectivity index (χ0n) is 15.4. The zero-order chi connectivity index (χ0) is 20.3. The Hall–Kier alpha value is -3.55. The van der Waals surface area contributed by atoms with Crippen LogP contribution in [0.4, 0.5) is 5.69 Å². The molecule has 1 unspecified atom stereocenters. The van der Waals surface area contributed by atoms with Crippen molar-refractivity contribution in [1.82, 2.24) is 5.32 Å². The van der Waals surface area contributed by atoms with E-state index in [1.165, 1.54) is 19.2 Å². The van der Waals surface area contributed by atoms with E-state index in [0.29, 0.717) is 35.7 Å². The number of anilines is 1. The number of carbonyl (C=O) groups is 3. The van der Waals surface area contributed by atoms with Gasteiger partial charge >= 0.3 is 5.97 Å². The average Bonchev–Trinajstić information content (AvgIpc) is 2.68. The largest absolute Gasteiger partial charge is 0.496 e. The summed E-state index contributed by atoms with van der Waals surface area (Å²) in [7, 11) is 1.46. The number of amides is 2. The van der Waals surface area contributed by atoms with Gasteiger partial charge in [0.1, 0.15) is 5.75 Å². The quantitative estimate of drug-likeness (QED) is 0.703. The minimum absolute atomic E-state index is 0.133. The topological polar surface area (TPSA) is 114 Å². The van der Waals surface area contributed by atoms with E-state index in [4.69, 9.17) is 14.6 Å². The number of carbonyl (C=O) groups excluding carboxylic acids is 2. The molecule has 3 rings (SSSR count). The first kappa shape index (κ1) is 19.2. The summed E-state index contributed by atoms with van der Waals surface area (Å²) in [5, 5.41) is 14.6. The minimum atomic E-state index is -1.03. The van der Waals surface area contributed by atoms with Crippen molar-refractivity contribution in [2.75, 3.05) is 19.0 Å². The summed E-state index contributed by atoms with van der Waals surface area (Å²) < 4.78 is 10.8. The number of benzene rings is 2. The van der Waals surface area contributed by atoms with Crippen LogP contribution in [0.15, 0.2) is 36.4 Å². The number of hydrogen-bond donors (Lipinski definition) is 3. The highest BCUT2D eigenvalue weighted by atomic mass is 16.5. The molecule has 1 heterocycles. The van der Waals surface area contributed by atoms with E-state index < -0.39 is 12.1 Å². The van der Waals surface area contributed by atoms with Crippen LogP contribution in [-0.4, -0.2) is 42.6 Å². The van der Waals surface area contributed by atoms with Crippen molar-refractivity contribution in [3.05, 3.63) is 53.1 Å². The standard InChI is InChI=1S/C20H20N2O6/c1-11-18(23)22-15-5-3-4-14(17(15)28-11)19(24)21-9-8-12-6-7-13(20(25)26)10-16(12)27-2/h3-7,10-11H,8-9H2,1-2H3,(H,21,24)(H,22,23)(H,25,26). The van der Waals surface area contributed by atoms with Gasteiger partial charge in [0.15, 0.2) is 11.9 Å². The molecule has 0 aromatic heterocycles. The molecule has 0 fully saturated rings. The van der Waals surface area contributed by atoms with Gasteiger partial charge in [0, 0.05) is 6.54 Å². The van der Waals surface area contributed by atoms with Gasteiger partial charge in [-0.2, -0.15) is 0 Å². The maximum atomic E-state index is 12.6. The molecule has 1 aliphatic heterocycles. The van der Waals surface area contributed by atoms with Crippen molar-refractivity contribution in [3.63, 3.8) is 0 Å². The monoisotopic (exact) mass is 384 g/mol. The molecule has 2 aromatic carbocycles. The highest BCUT2D eigenvalue weighted by molar-refractivity contribution is 6.04. The number of rotatable bonds is 6. The minimum Gasteiger partial charge on any atom is -0.496 e. The van der Waals surface area contributed by atoms with Crippen LogP contribution in [-0.2, 0) is 11.2 Å². The molecule has 2 aromatic rings. The number of carboxylic acid groups (broad SMARTS) is 1. The number of methoxy groups -OCH3 is 1. The molecule has 8 heteroatoms. The Labute approximate surface area is 161 Å².